The monoisotopic (exact) mass is 618 g/mol. The normalized spacial score (nSPS) is 18.8. The predicted octanol–water partition coefficient (Wildman–Crippen LogP) is 6.35. The number of unbranched alkanes of at least 4 members (excludes halogenated alkanes) is 1. The number of rotatable bonds is 12. The maximum Gasteiger partial charge on any atom is 0.430 e. The van der Waals surface area contributed by atoms with Gasteiger partial charge in [0.15, 0.2) is 11.5 Å². The standard InChI is InChI=1S/C29H32F6N2O6/c1-4-8-18-15-20(27(43-5-2,28(30,31)32)29(33,34)35)10-11-21(18)40-14-7-6-13-37-24(38)26(3,36-25(37)39)19-9-12-22-23(16-19)42-17-41-22/h9-12,15-16H,4-8,13-14,17H2,1-3H3,(H,36,39). The highest BCUT2D eigenvalue weighted by atomic mass is 19.4. The molecule has 0 aromatic heterocycles. The predicted molar refractivity (Wildman–Crippen MR) is 141 cm³/mol. The fraction of sp³-hybridized carbons (Fsp3) is 0.517. The van der Waals surface area contributed by atoms with Gasteiger partial charge in [0.1, 0.15) is 11.3 Å². The van der Waals surface area contributed by atoms with Crippen LogP contribution in [0.4, 0.5) is 31.1 Å². The zero-order chi connectivity index (χ0) is 31.6. The van der Waals surface area contributed by atoms with Gasteiger partial charge in [-0.2, -0.15) is 26.3 Å². The van der Waals surface area contributed by atoms with Crippen molar-refractivity contribution in [2.24, 2.45) is 0 Å². The summed E-state index contributed by atoms with van der Waals surface area (Å²) in [5, 5.41) is 2.71. The van der Waals surface area contributed by atoms with Crippen LogP contribution in [0.3, 0.4) is 0 Å². The Hall–Kier alpha value is -3.68. The van der Waals surface area contributed by atoms with Gasteiger partial charge in [-0.05, 0) is 68.5 Å². The molecule has 14 heteroatoms. The summed E-state index contributed by atoms with van der Waals surface area (Å²) in [5.41, 5.74) is -6.17. The summed E-state index contributed by atoms with van der Waals surface area (Å²) in [5.74, 6) is 0.690. The van der Waals surface area contributed by atoms with E-state index in [2.05, 4.69) is 10.1 Å². The van der Waals surface area contributed by atoms with E-state index in [0.29, 0.717) is 36.3 Å². The number of alkyl halides is 6. The van der Waals surface area contributed by atoms with Crippen LogP contribution in [0.5, 0.6) is 17.2 Å². The van der Waals surface area contributed by atoms with Crippen molar-refractivity contribution in [3.63, 3.8) is 0 Å². The van der Waals surface area contributed by atoms with Gasteiger partial charge in [0.2, 0.25) is 6.79 Å². The summed E-state index contributed by atoms with van der Waals surface area (Å²) < 4.78 is 104. The fourth-order valence-corrected chi connectivity index (χ4v) is 5.21. The average Bonchev–Trinajstić information content (AvgIpc) is 3.48. The molecule has 0 aliphatic carbocycles. The van der Waals surface area contributed by atoms with Gasteiger partial charge in [0.25, 0.3) is 11.5 Å². The zero-order valence-corrected chi connectivity index (χ0v) is 23.8. The second kappa shape index (κ2) is 12.1. The summed E-state index contributed by atoms with van der Waals surface area (Å²) in [6, 6.07) is 7.03. The van der Waals surface area contributed by atoms with Gasteiger partial charge in [0.05, 0.1) is 6.61 Å². The lowest BCUT2D eigenvalue weighted by atomic mass is 9.89. The number of amides is 3. The SMILES string of the molecule is CCCc1cc(C(OCC)(C(F)(F)F)C(F)(F)F)ccc1OCCCCN1C(=O)NC(C)(c2ccc3c(c2)OCO3)C1=O. The van der Waals surface area contributed by atoms with E-state index in [0.717, 1.165) is 30.0 Å². The summed E-state index contributed by atoms with van der Waals surface area (Å²) >= 11 is 0. The number of hydrogen-bond donors (Lipinski definition) is 1. The summed E-state index contributed by atoms with van der Waals surface area (Å²) in [6.45, 7) is 3.75. The Balaban J connectivity index is 1.40. The number of nitrogens with zero attached hydrogens (tertiary/aromatic N) is 1. The molecule has 2 heterocycles. The lowest BCUT2D eigenvalue weighted by molar-refractivity contribution is -0.388. The number of carbonyl (C=O) groups is 2. The van der Waals surface area contributed by atoms with Crippen molar-refractivity contribution >= 4 is 11.9 Å². The van der Waals surface area contributed by atoms with Crippen LogP contribution in [0.2, 0.25) is 0 Å². The number of halogens is 6. The minimum absolute atomic E-state index is 0.0499. The van der Waals surface area contributed by atoms with Crippen LogP contribution in [0.15, 0.2) is 36.4 Å². The van der Waals surface area contributed by atoms with Crippen LogP contribution in [-0.2, 0) is 27.1 Å². The Bertz CT molecular complexity index is 1330. The third-order valence-electron chi connectivity index (χ3n) is 7.40. The molecule has 2 aliphatic heterocycles. The van der Waals surface area contributed by atoms with Crippen LogP contribution in [0.1, 0.15) is 56.7 Å². The van der Waals surface area contributed by atoms with E-state index in [-0.39, 0.29) is 37.7 Å². The maximum atomic E-state index is 13.9. The smallest absolute Gasteiger partial charge is 0.430 e. The van der Waals surface area contributed by atoms with E-state index in [1.54, 1.807) is 32.0 Å². The lowest BCUT2D eigenvalue weighted by Gasteiger charge is -2.37. The van der Waals surface area contributed by atoms with Crippen molar-refractivity contribution in [3.8, 4) is 17.2 Å². The Kier molecular flexibility index (Phi) is 9.10. The number of imide groups is 1. The molecule has 1 atom stereocenters. The number of ether oxygens (including phenoxy) is 4. The quantitative estimate of drug-likeness (QED) is 0.170. The summed E-state index contributed by atoms with van der Waals surface area (Å²) in [6.07, 6.45) is -10.2. The number of hydrogen-bond acceptors (Lipinski definition) is 6. The lowest BCUT2D eigenvalue weighted by Crippen LogP contribution is -2.56. The van der Waals surface area contributed by atoms with Gasteiger partial charge in [-0.15, -0.1) is 0 Å². The zero-order valence-electron chi connectivity index (χ0n) is 23.8. The highest BCUT2D eigenvalue weighted by Crippen LogP contribution is 2.53. The molecule has 43 heavy (non-hydrogen) atoms. The molecule has 2 aromatic carbocycles. The van der Waals surface area contributed by atoms with Crippen molar-refractivity contribution in [2.45, 2.75) is 69.9 Å². The molecule has 0 radical (unpaired) electrons. The van der Waals surface area contributed by atoms with Crippen molar-refractivity contribution in [1.82, 2.24) is 10.2 Å². The molecular weight excluding hydrogens is 586 g/mol. The highest BCUT2D eigenvalue weighted by molar-refractivity contribution is 6.07. The molecule has 0 spiro atoms. The van der Waals surface area contributed by atoms with Gasteiger partial charge in [-0.3, -0.25) is 9.69 Å². The van der Waals surface area contributed by atoms with Gasteiger partial charge in [-0.25, -0.2) is 4.79 Å². The van der Waals surface area contributed by atoms with E-state index < -0.39 is 47.6 Å². The second-order valence-electron chi connectivity index (χ2n) is 10.3. The Morgan fingerprint density at radius 1 is 0.953 bits per heavy atom. The first-order valence-electron chi connectivity index (χ1n) is 13.8. The Morgan fingerprint density at radius 3 is 2.30 bits per heavy atom. The molecule has 0 saturated carbocycles. The minimum Gasteiger partial charge on any atom is -0.493 e. The van der Waals surface area contributed by atoms with E-state index in [1.165, 1.54) is 0 Å². The number of urea groups is 1. The first kappa shape index (κ1) is 32.2. The Morgan fingerprint density at radius 2 is 1.65 bits per heavy atom. The van der Waals surface area contributed by atoms with Gasteiger partial charge < -0.3 is 24.3 Å². The minimum atomic E-state index is -5.76. The molecule has 3 amide bonds. The Labute approximate surface area is 244 Å². The largest absolute Gasteiger partial charge is 0.493 e. The molecular formula is C29H32F6N2O6. The molecule has 1 unspecified atom stereocenters. The van der Waals surface area contributed by atoms with E-state index in [9.17, 15) is 35.9 Å². The summed E-state index contributed by atoms with van der Waals surface area (Å²) in [7, 11) is 0. The maximum absolute atomic E-state index is 13.9. The number of fused-ring (bicyclic) bond motifs is 1. The molecule has 2 aliphatic rings. The van der Waals surface area contributed by atoms with Crippen LogP contribution >= 0.6 is 0 Å². The molecule has 1 fully saturated rings. The molecule has 4 rings (SSSR count). The summed E-state index contributed by atoms with van der Waals surface area (Å²) in [4.78, 5) is 26.9. The van der Waals surface area contributed by atoms with E-state index in [4.69, 9.17) is 14.2 Å². The van der Waals surface area contributed by atoms with Gasteiger partial charge in [0, 0.05) is 18.7 Å². The number of carbonyl (C=O) groups excluding carboxylic acids is 2. The fourth-order valence-electron chi connectivity index (χ4n) is 5.21. The third kappa shape index (κ3) is 5.93. The van der Waals surface area contributed by atoms with E-state index >= 15 is 0 Å². The van der Waals surface area contributed by atoms with Crippen LogP contribution in [0.25, 0.3) is 0 Å². The van der Waals surface area contributed by atoms with Crippen LogP contribution < -0.4 is 19.5 Å². The van der Waals surface area contributed by atoms with Crippen molar-refractivity contribution in [3.05, 3.63) is 53.1 Å². The molecule has 0 bridgehead atoms. The van der Waals surface area contributed by atoms with Crippen LogP contribution in [0, 0.1) is 0 Å². The second-order valence-corrected chi connectivity index (χ2v) is 10.3. The number of benzene rings is 2. The average molecular weight is 619 g/mol. The highest BCUT2D eigenvalue weighted by Gasteiger charge is 2.73. The molecule has 8 nitrogen and oxygen atoms in total. The molecule has 1 N–H and O–H groups in total. The van der Waals surface area contributed by atoms with Gasteiger partial charge in [-0.1, -0.05) is 25.5 Å². The van der Waals surface area contributed by atoms with Crippen molar-refractivity contribution in [1.29, 1.82) is 0 Å². The topological polar surface area (TPSA) is 86.3 Å². The molecule has 2 aromatic rings. The van der Waals surface area contributed by atoms with Crippen LogP contribution in [-0.4, -0.2) is 55.7 Å². The molecule has 1 saturated heterocycles. The first-order chi connectivity index (χ1) is 20.2. The number of nitrogens with one attached hydrogen (secondary N) is 1. The van der Waals surface area contributed by atoms with Crippen molar-refractivity contribution < 1.29 is 54.9 Å². The van der Waals surface area contributed by atoms with Gasteiger partial charge >= 0.3 is 18.4 Å². The van der Waals surface area contributed by atoms with E-state index in [1.807, 2.05) is 0 Å². The van der Waals surface area contributed by atoms with Crippen molar-refractivity contribution in [2.75, 3.05) is 26.6 Å². The number of aryl methyl sites for hydroxylation is 1. The first-order valence-corrected chi connectivity index (χ1v) is 13.8. The third-order valence-corrected chi connectivity index (χ3v) is 7.40. The molecule has 236 valence electrons.